The van der Waals surface area contributed by atoms with Crippen LogP contribution in [0.4, 0.5) is 18.9 Å². The molecule has 2 aromatic carbocycles. The SMILES string of the molecule is COC1=NNN(c2cc(C(=O)N3CCC(c4ccc(C(F)(F)F)cc4)CC3)c(C)cc2C2CCC2)C1. The molecular formula is C27H31F3N4O2. The van der Waals surface area contributed by atoms with Gasteiger partial charge in [-0.05, 0) is 79.3 Å². The van der Waals surface area contributed by atoms with Gasteiger partial charge in [-0.15, -0.1) is 5.10 Å². The van der Waals surface area contributed by atoms with Gasteiger partial charge in [-0.2, -0.15) is 13.2 Å². The van der Waals surface area contributed by atoms with Crippen LogP contribution in [0.1, 0.15) is 76.6 Å². The van der Waals surface area contributed by atoms with Crippen molar-refractivity contribution >= 4 is 17.5 Å². The minimum absolute atomic E-state index is 0.00754. The maximum Gasteiger partial charge on any atom is 0.416 e. The van der Waals surface area contributed by atoms with Crippen molar-refractivity contribution in [3.8, 4) is 0 Å². The number of nitrogens with zero attached hydrogens (tertiary/aromatic N) is 3. The average molecular weight is 501 g/mol. The third-order valence-electron chi connectivity index (χ3n) is 7.76. The third-order valence-corrected chi connectivity index (χ3v) is 7.76. The van der Waals surface area contributed by atoms with Gasteiger partial charge in [0.1, 0.15) is 6.54 Å². The summed E-state index contributed by atoms with van der Waals surface area (Å²) in [5.74, 6) is 1.21. The number of likely N-dealkylation sites (tertiary alicyclic amines) is 1. The van der Waals surface area contributed by atoms with Gasteiger partial charge in [-0.25, -0.2) is 5.53 Å². The lowest BCUT2D eigenvalue weighted by molar-refractivity contribution is -0.137. The van der Waals surface area contributed by atoms with E-state index in [1.807, 2.05) is 22.9 Å². The third kappa shape index (κ3) is 4.75. The average Bonchev–Trinajstić information content (AvgIpc) is 3.32. The number of piperidine rings is 1. The lowest BCUT2D eigenvalue weighted by Crippen LogP contribution is -2.39. The van der Waals surface area contributed by atoms with Gasteiger partial charge in [-0.1, -0.05) is 24.6 Å². The molecule has 9 heteroatoms. The van der Waals surface area contributed by atoms with Crippen LogP contribution >= 0.6 is 0 Å². The first-order chi connectivity index (χ1) is 17.2. The Kier molecular flexibility index (Phi) is 6.57. The molecule has 1 amide bonds. The Morgan fingerprint density at radius 1 is 1.06 bits per heavy atom. The number of hydrogen-bond acceptors (Lipinski definition) is 5. The summed E-state index contributed by atoms with van der Waals surface area (Å²) in [6, 6.07) is 9.56. The highest BCUT2D eigenvalue weighted by Crippen LogP contribution is 2.42. The number of anilines is 1. The molecule has 192 valence electrons. The normalized spacial score (nSPS) is 19.1. The molecule has 3 aliphatic rings. The van der Waals surface area contributed by atoms with Crippen LogP contribution < -0.4 is 10.5 Å². The van der Waals surface area contributed by atoms with E-state index in [0.29, 0.717) is 37.0 Å². The molecule has 0 radical (unpaired) electrons. The molecule has 2 aliphatic heterocycles. The molecule has 5 rings (SSSR count). The van der Waals surface area contributed by atoms with E-state index in [9.17, 15) is 18.0 Å². The Hall–Kier alpha value is -3.23. The second-order valence-corrected chi connectivity index (χ2v) is 9.94. The molecule has 1 N–H and O–H groups in total. The molecule has 0 aromatic heterocycles. The van der Waals surface area contributed by atoms with Gasteiger partial charge in [0.05, 0.1) is 18.4 Å². The van der Waals surface area contributed by atoms with Crippen molar-refractivity contribution in [3.63, 3.8) is 0 Å². The van der Waals surface area contributed by atoms with Crippen molar-refractivity contribution < 1.29 is 22.7 Å². The fourth-order valence-corrected chi connectivity index (χ4v) is 5.33. The van der Waals surface area contributed by atoms with Crippen LogP contribution in [0.5, 0.6) is 0 Å². The maximum atomic E-state index is 13.6. The van der Waals surface area contributed by atoms with E-state index in [-0.39, 0.29) is 11.8 Å². The lowest BCUT2D eigenvalue weighted by Gasteiger charge is -2.34. The standard InChI is InChI=1S/C27H31F3N4O2/c1-17-14-23(20-4-3-5-20)24(34-16-25(36-2)31-32-34)15-22(17)26(35)33-12-10-19(11-13-33)18-6-8-21(9-7-18)27(28,29)30/h6-9,14-15,19-20,32H,3-5,10-13,16H2,1-2H3. The number of amides is 1. The van der Waals surface area contributed by atoms with Gasteiger partial charge in [0, 0.05) is 18.7 Å². The number of aryl methyl sites for hydroxylation is 1. The van der Waals surface area contributed by atoms with Crippen molar-refractivity contribution in [3.05, 3.63) is 64.2 Å². The van der Waals surface area contributed by atoms with Crippen LogP contribution in [0.25, 0.3) is 0 Å². The summed E-state index contributed by atoms with van der Waals surface area (Å²) in [6.45, 7) is 3.62. The summed E-state index contributed by atoms with van der Waals surface area (Å²) in [5, 5.41) is 6.14. The Morgan fingerprint density at radius 2 is 1.75 bits per heavy atom. The van der Waals surface area contributed by atoms with Gasteiger partial charge in [-0.3, -0.25) is 9.80 Å². The fourth-order valence-electron chi connectivity index (χ4n) is 5.33. The summed E-state index contributed by atoms with van der Waals surface area (Å²) in [7, 11) is 1.59. The molecule has 2 heterocycles. The number of methoxy groups -OCH3 is 1. The number of carbonyl (C=O) groups is 1. The number of halogens is 3. The van der Waals surface area contributed by atoms with Crippen LogP contribution in [0.15, 0.2) is 41.5 Å². The fraction of sp³-hybridized carbons (Fsp3) is 0.481. The van der Waals surface area contributed by atoms with Crippen LogP contribution in [0.2, 0.25) is 0 Å². The van der Waals surface area contributed by atoms with E-state index in [2.05, 4.69) is 16.7 Å². The number of ether oxygens (including phenoxy) is 1. The van der Waals surface area contributed by atoms with E-state index in [1.165, 1.54) is 12.0 Å². The monoisotopic (exact) mass is 500 g/mol. The maximum absolute atomic E-state index is 13.6. The molecule has 1 saturated carbocycles. The second-order valence-electron chi connectivity index (χ2n) is 9.94. The minimum atomic E-state index is -4.33. The number of hydrazone groups is 1. The van der Waals surface area contributed by atoms with E-state index in [0.717, 1.165) is 54.6 Å². The highest BCUT2D eigenvalue weighted by atomic mass is 19.4. The number of hydrogen-bond donors (Lipinski definition) is 1. The lowest BCUT2D eigenvalue weighted by atomic mass is 9.78. The van der Waals surface area contributed by atoms with Crippen LogP contribution in [0.3, 0.4) is 0 Å². The zero-order valence-corrected chi connectivity index (χ0v) is 20.6. The van der Waals surface area contributed by atoms with Crippen molar-refractivity contribution in [2.24, 2.45) is 5.10 Å². The first-order valence-corrected chi connectivity index (χ1v) is 12.5. The molecule has 0 bridgehead atoms. The van der Waals surface area contributed by atoms with Crippen molar-refractivity contribution in [2.75, 3.05) is 31.8 Å². The number of hydrazine groups is 1. The topological polar surface area (TPSA) is 57.2 Å². The zero-order valence-electron chi connectivity index (χ0n) is 20.6. The molecule has 6 nitrogen and oxygen atoms in total. The van der Waals surface area contributed by atoms with Crippen molar-refractivity contribution in [1.82, 2.24) is 10.4 Å². The quantitative estimate of drug-likeness (QED) is 0.595. The molecule has 36 heavy (non-hydrogen) atoms. The number of rotatable bonds is 4. The van der Waals surface area contributed by atoms with Gasteiger partial charge >= 0.3 is 6.18 Å². The first-order valence-electron chi connectivity index (χ1n) is 12.5. The smallest absolute Gasteiger partial charge is 0.416 e. The molecule has 0 unspecified atom stereocenters. The summed E-state index contributed by atoms with van der Waals surface area (Å²) in [5.41, 5.74) is 7.11. The second kappa shape index (κ2) is 9.67. The van der Waals surface area contributed by atoms with Gasteiger partial charge in [0.15, 0.2) is 0 Å². The molecule has 0 spiro atoms. The van der Waals surface area contributed by atoms with Crippen molar-refractivity contribution in [2.45, 2.75) is 57.0 Å². The molecule has 2 aromatic rings. The number of carbonyl (C=O) groups excluding carboxylic acids is 1. The highest BCUT2D eigenvalue weighted by Gasteiger charge is 2.32. The molecule has 1 saturated heterocycles. The predicted molar refractivity (Wildman–Crippen MR) is 132 cm³/mol. The number of nitrogens with one attached hydrogen (secondary N) is 1. The summed E-state index contributed by atoms with van der Waals surface area (Å²) >= 11 is 0. The first kappa shape index (κ1) is 24.5. The zero-order chi connectivity index (χ0) is 25.4. The predicted octanol–water partition coefficient (Wildman–Crippen LogP) is 5.59. The van der Waals surface area contributed by atoms with Gasteiger partial charge in [0.2, 0.25) is 5.90 Å². The van der Waals surface area contributed by atoms with E-state index >= 15 is 0 Å². The van der Waals surface area contributed by atoms with Crippen molar-refractivity contribution in [1.29, 1.82) is 0 Å². The molecule has 2 fully saturated rings. The Morgan fingerprint density at radius 3 is 2.31 bits per heavy atom. The highest BCUT2D eigenvalue weighted by molar-refractivity contribution is 5.97. The van der Waals surface area contributed by atoms with E-state index in [1.54, 1.807) is 19.2 Å². The minimum Gasteiger partial charge on any atom is -0.482 e. The summed E-state index contributed by atoms with van der Waals surface area (Å²) < 4.78 is 44.0. The number of benzene rings is 2. The Bertz CT molecular complexity index is 1150. The Labute approximate surface area is 209 Å². The summed E-state index contributed by atoms with van der Waals surface area (Å²) in [6.07, 6.45) is 0.613. The van der Waals surface area contributed by atoms with Gasteiger partial charge in [0.25, 0.3) is 5.91 Å². The van der Waals surface area contributed by atoms with E-state index in [4.69, 9.17) is 4.74 Å². The largest absolute Gasteiger partial charge is 0.482 e. The van der Waals surface area contributed by atoms with Crippen LogP contribution in [0, 0.1) is 6.92 Å². The molecular weight excluding hydrogens is 469 g/mol. The molecule has 1 aliphatic carbocycles. The number of alkyl halides is 3. The van der Waals surface area contributed by atoms with Gasteiger partial charge < -0.3 is 9.64 Å². The van der Waals surface area contributed by atoms with Crippen LogP contribution in [-0.2, 0) is 10.9 Å². The van der Waals surface area contributed by atoms with E-state index < -0.39 is 11.7 Å². The summed E-state index contributed by atoms with van der Waals surface area (Å²) in [4.78, 5) is 15.4. The van der Waals surface area contributed by atoms with Crippen LogP contribution in [-0.4, -0.2) is 43.4 Å². The Balaban J connectivity index is 1.31. The molecule has 0 atom stereocenters.